The minimum absolute atomic E-state index is 0.308. The van der Waals surface area contributed by atoms with Gasteiger partial charge in [-0.2, -0.15) is 0 Å². The SMILES string of the molecule is COc1ccc(C[NH+]2CC[NH+](CCO)CC2)cc1C. The van der Waals surface area contributed by atoms with E-state index in [1.165, 1.54) is 42.2 Å². The van der Waals surface area contributed by atoms with Crippen molar-refractivity contribution in [1.82, 2.24) is 0 Å². The van der Waals surface area contributed by atoms with E-state index in [0.717, 1.165) is 18.8 Å². The first-order chi connectivity index (χ1) is 9.22. The summed E-state index contributed by atoms with van der Waals surface area (Å²) in [7, 11) is 1.72. The fraction of sp³-hybridized carbons (Fsp3) is 0.600. The Balaban J connectivity index is 1.87. The van der Waals surface area contributed by atoms with Gasteiger partial charge in [-0.05, 0) is 30.7 Å². The molecule has 0 aliphatic carbocycles. The van der Waals surface area contributed by atoms with E-state index in [2.05, 4.69) is 25.1 Å². The van der Waals surface area contributed by atoms with Crippen LogP contribution in [0.4, 0.5) is 0 Å². The average molecular weight is 266 g/mol. The van der Waals surface area contributed by atoms with E-state index in [1.807, 2.05) is 0 Å². The van der Waals surface area contributed by atoms with Gasteiger partial charge < -0.3 is 19.6 Å². The molecule has 1 aliphatic heterocycles. The first kappa shape index (κ1) is 14.3. The molecule has 1 aliphatic rings. The molecule has 1 saturated heterocycles. The predicted octanol–water partition coefficient (Wildman–Crippen LogP) is -1.72. The van der Waals surface area contributed by atoms with Gasteiger partial charge in [0.05, 0.1) is 13.7 Å². The van der Waals surface area contributed by atoms with Crippen LogP contribution in [0.15, 0.2) is 18.2 Å². The number of aliphatic hydroxyl groups excluding tert-OH is 1. The lowest BCUT2D eigenvalue weighted by Crippen LogP contribution is -3.27. The Morgan fingerprint density at radius 1 is 1.16 bits per heavy atom. The molecule has 3 N–H and O–H groups in total. The van der Waals surface area contributed by atoms with Crippen LogP contribution in [-0.4, -0.2) is 51.5 Å². The summed E-state index contributed by atoms with van der Waals surface area (Å²) in [6.07, 6.45) is 0. The van der Waals surface area contributed by atoms with E-state index in [9.17, 15) is 0 Å². The quantitative estimate of drug-likeness (QED) is 0.593. The van der Waals surface area contributed by atoms with Crippen molar-refractivity contribution in [2.45, 2.75) is 13.5 Å². The van der Waals surface area contributed by atoms with Crippen molar-refractivity contribution in [3.63, 3.8) is 0 Å². The van der Waals surface area contributed by atoms with Gasteiger partial charge in [-0.3, -0.25) is 0 Å². The Hall–Kier alpha value is -1.10. The molecule has 1 fully saturated rings. The number of quaternary nitrogens is 2. The standard InChI is InChI=1S/C15H24N2O2/c1-13-11-14(3-4-15(13)19-2)12-17-7-5-16(6-8-17)9-10-18/h3-4,11,18H,5-10,12H2,1-2H3/p+2. The van der Waals surface area contributed by atoms with Crippen LogP contribution in [0.25, 0.3) is 0 Å². The van der Waals surface area contributed by atoms with Crippen LogP contribution in [0.3, 0.4) is 0 Å². The number of methoxy groups -OCH3 is 1. The molecule has 4 nitrogen and oxygen atoms in total. The maximum Gasteiger partial charge on any atom is 0.127 e. The Kier molecular flexibility index (Phi) is 5.19. The van der Waals surface area contributed by atoms with Gasteiger partial charge in [-0.15, -0.1) is 0 Å². The van der Waals surface area contributed by atoms with Gasteiger partial charge in [0.2, 0.25) is 0 Å². The number of hydrogen-bond donors (Lipinski definition) is 3. The minimum Gasteiger partial charge on any atom is -0.496 e. The molecule has 2 rings (SSSR count). The van der Waals surface area contributed by atoms with Crippen LogP contribution < -0.4 is 14.5 Å². The number of aliphatic hydroxyl groups is 1. The van der Waals surface area contributed by atoms with Crippen LogP contribution >= 0.6 is 0 Å². The topological polar surface area (TPSA) is 38.3 Å². The molecule has 0 saturated carbocycles. The van der Waals surface area contributed by atoms with Gasteiger partial charge in [-0.25, -0.2) is 0 Å². The highest BCUT2D eigenvalue weighted by atomic mass is 16.5. The van der Waals surface area contributed by atoms with Crippen molar-refractivity contribution in [2.24, 2.45) is 0 Å². The molecular weight excluding hydrogens is 240 g/mol. The van der Waals surface area contributed by atoms with E-state index in [-0.39, 0.29) is 0 Å². The van der Waals surface area contributed by atoms with Crippen LogP contribution in [0.5, 0.6) is 5.75 Å². The normalized spacial score (nSPS) is 23.3. The number of benzene rings is 1. The number of ether oxygens (including phenoxy) is 1. The van der Waals surface area contributed by atoms with Crippen molar-refractivity contribution >= 4 is 0 Å². The Labute approximate surface area is 115 Å². The molecule has 0 atom stereocenters. The summed E-state index contributed by atoms with van der Waals surface area (Å²) < 4.78 is 5.30. The van der Waals surface area contributed by atoms with Crippen molar-refractivity contribution in [2.75, 3.05) is 46.4 Å². The van der Waals surface area contributed by atoms with E-state index in [4.69, 9.17) is 9.84 Å². The third-order valence-corrected chi connectivity index (χ3v) is 4.04. The summed E-state index contributed by atoms with van der Waals surface area (Å²) in [6, 6.07) is 6.47. The number of nitrogens with one attached hydrogen (secondary N) is 2. The highest BCUT2D eigenvalue weighted by molar-refractivity contribution is 5.35. The Morgan fingerprint density at radius 3 is 2.42 bits per heavy atom. The molecule has 0 radical (unpaired) electrons. The molecule has 19 heavy (non-hydrogen) atoms. The molecule has 1 heterocycles. The number of aryl methyl sites for hydroxylation is 1. The van der Waals surface area contributed by atoms with Crippen LogP contribution in [0.1, 0.15) is 11.1 Å². The zero-order chi connectivity index (χ0) is 13.7. The van der Waals surface area contributed by atoms with E-state index in [1.54, 1.807) is 12.0 Å². The summed E-state index contributed by atoms with van der Waals surface area (Å²) in [5.74, 6) is 0.968. The second-order valence-electron chi connectivity index (χ2n) is 5.45. The highest BCUT2D eigenvalue weighted by Crippen LogP contribution is 2.17. The van der Waals surface area contributed by atoms with Crippen molar-refractivity contribution < 1.29 is 19.6 Å². The van der Waals surface area contributed by atoms with Gasteiger partial charge >= 0.3 is 0 Å². The van der Waals surface area contributed by atoms with E-state index in [0.29, 0.717) is 6.61 Å². The highest BCUT2D eigenvalue weighted by Gasteiger charge is 2.22. The monoisotopic (exact) mass is 266 g/mol. The molecule has 0 amide bonds. The lowest BCUT2D eigenvalue weighted by Gasteiger charge is -2.29. The number of piperazine rings is 1. The first-order valence-electron chi connectivity index (χ1n) is 7.14. The number of rotatable bonds is 5. The second-order valence-corrected chi connectivity index (χ2v) is 5.45. The smallest absolute Gasteiger partial charge is 0.127 e. The maximum atomic E-state index is 8.96. The van der Waals surface area contributed by atoms with E-state index < -0.39 is 0 Å². The van der Waals surface area contributed by atoms with Gasteiger partial charge in [0.15, 0.2) is 0 Å². The minimum atomic E-state index is 0.308. The van der Waals surface area contributed by atoms with Crippen molar-refractivity contribution in [3.8, 4) is 5.75 Å². The molecule has 106 valence electrons. The van der Waals surface area contributed by atoms with Crippen LogP contribution in [0, 0.1) is 6.92 Å². The second kappa shape index (κ2) is 6.89. The molecule has 4 heteroatoms. The summed E-state index contributed by atoms with van der Waals surface area (Å²) in [5, 5.41) is 8.96. The fourth-order valence-electron chi connectivity index (χ4n) is 2.88. The molecule has 1 aromatic rings. The summed E-state index contributed by atoms with van der Waals surface area (Å²) >= 11 is 0. The molecule has 1 aromatic carbocycles. The van der Waals surface area contributed by atoms with Gasteiger partial charge in [0.25, 0.3) is 0 Å². The van der Waals surface area contributed by atoms with Crippen LogP contribution in [0.2, 0.25) is 0 Å². The van der Waals surface area contributed by atoms with Crippen molar-refractivity contribution in [1.29, 1.82) is 0 Å². The van der Waals surface area contributed by atoms with Gasteiger partial charge in [-0.1, -0.05) is 0 Å². The third-order valence-electron chi connectivity index (χ3n) is 4.04. The zero-order valence-electron chi connectivity index (χ0n) is 12.0. The summed E-state index contributed by atoms with van der Waals surface area (Å²) in [5.41, 5.74) is 2.60. The van der Waals surface area contributed by atoms with Gasteiger partial charge in [0.1, 0.15) is 45.0 Å². The molecule has 0 bridgehead atoms. The Morgan fingerprint density at radius 2 is 1.84 bits per heavy atom. The molecule has 0 aromatic heterocycles. The number of hydrogen-bond acceptors (Lipinski definition) is 2. The molecule has 0 spiro atoms. The lowest BCUT2D eigenvalue weighted by atomic mass is 10.1. The first-order valence-corrected chi connectivity index (χ1v) is 7.14. The maximum absolute atomic E-state index is 8.96. The largest absolute Gasteiger partial charge is 0.496 e. The Bertz CT molecular complexity index is 401. The van der Waals surface area contributed by atoms with Crippen LogP contribution in [-0.2, 0) is 6.54 Å². The molecule has 0 unspecified atom stereocenters. The fourth-order valence-corrected chi connectivity index (χ4v) is 2.88. The lowest BCUT2D eigenvalue weighted by molar-refractivity contribution is -1.02. The van der Waals surface area contributed by atoms with Gasteiger partial charge in [0, 0.05) is 5.56 Å². The summed E-state index contributed by atoms with van der Waals surface area (Å²) in [6.45, 7) is 9.13. The zero-order valence-corrected chi connectivity index (χ0v) is 12.0. The average Bonchev–Trinajstić information content (AvgIpc) is 2.42. The predicted molar refractivity (Wildman–Crippen MR) is 74.8 cm³/mol. The third kappa shape index (κ3) is 3.93. The van der Waals surface area contributed by atoms with E-state index >= 15 is 0 Å². The van der Waals surface area contributed by atoms with Crippen molar-refractivity contribution in [3.05, 3.63) is 29.3 Å². The summed E-state index contributed by atoms with van der Waals surface area (Å²) in [4.78, 5) is 3.18. The molecular formula is C15H26N2O2+2.